The average molecular weight is 366 g/mol. The number of ether oxygens (including phenoxy) is 2. The number of anilines is 1. The topological polar surface area (TPSA) is 67.9 Å². The van der Waals surface area contributed by atoms with Crippen molar-refractivity contribution in [2.24, 2.45) is 0 Å². The second-order valence-corrected chi connectivity index (χ2v) is 6.01. The van der Waals surface area contributed by atoms with Gasteiger partial charge in [-0.15, -0.1) is 0 Å². The molecule has 0 unspecified atom stereocenters. The van der Waals surface area contributed by atoms with Gasteiger partial charge in [0.25, 0.3) is 5.91 Å². The summed E-state index contributed by atoms with van der Waals surface area (Å²) in [4.78, 5) is 26.8. The van der Waals surface area contributed by atoms with Crippen molar-refractivity contribution in [1.82, 2.24) is 4.90 Å². The second-order valence-electron chi connectivity index (χ2n) is 6.01. The van der Waals surface area contributed by atoms with E-state index in [2.05, 4.69) is 5.32 Å². The lowest BCUT2D eigenvalue weighted by atomic mass is 10.1. The molecule has 1 fully saturated rings. The molecule has 6 nitrogen and oxygen atoms in total. The Bertz CT molecular complexity index is 842. The molecule has 2 aromatic carbocycles. The largest absolute Gasteiger partial charge is 0.496 e. The zero-order valence-electron chi connectivity index (χ0n) is 15.2. The first-order chi connectivity index (χ1) is 13.2. The molecule has 1 aliphatic heterocycles. The molecule has 0 aromatic heterocycles. The van der Waals surface area contributed by atoms with Crippen LogP contribution >= 0.6 is 0 Å². The predicted molar refractivity (Wildman–Crippen MR) is 104 cm³/mol. The Morgan fingerprint density at radius 1 is 1.07 bits per heavy atom. The highest BCUT2D eigenvalue weighted by Gasteiger charge is 2.21. The molecule has 2 amide bonds. The second kappa shape index (κ2) is 9.00. The zero-order valence-corrected chi connectivity index (χ0v) is 15.2. The summed E-state index contributed by atoms with van der Waals surface area (Å²) in [6, 6.07) is 14.4. The summed E-state index contributed by atoms with van der Waals surface area (Å²) in [7, 11) is 1.58. The van der Waals surface area contributed by atoms with Crippen LogP contribution in [0.4, 0.5) is 5.69 Å². The van der Waals surface area contributed by atoms with Crippen LogP contribution in [0.25, 0.3) is 6.08 Å². The summed E-state index contributed by atoms with van der Waals surface area (Å²) in [6.45, 7) is 2.16. The van der Waals surface area contributed by atoms with Crippen LogP contribution in [0.2, 0.25) is 0 Å². The maximum absolute atomic E-state index is 12.7. The molecule has 140 valence electrons. The molecule has 1 saturated heterocycles. The monoisotopic (exact) mass is 366 g/mol. The SMILES string of the molecule is COc1ccccc1C=CC(=O)Nc1ccccc1C(=O)N1CCOCC1. The molecule has 0 bridgehead atoms. The average Bonchev–Trinajstić information content (AvgIpc) is 2.73. The number of hydrogen-bond acceptors (Lipinski definition) is 4. The number of rotatable bonds is 5. The van der Waals surface area contributed by atoms with E-state index in [1.165, 1.54) is 6.08 Å². The van der Waals surface area contributed by atoms with Crippen molar-refractivity contribution >= 4 is 23.6 Å². The van der Waals surface area contributed by atoms with Crippen LogP contribution in [0, 0.1) is 0 Å². The highest BCUT2D eigenvalue weighted by molar-refractivity contribution is 6.07. The van der Waals surface area contributed by atoms with Gasteiger partial charge in [0.2, 0.25) is 5.91 Å². The highest BCUT2D eigenvalue weighted by atomic mass is 16.5. The first-order valence-electron chi connectivity index (χ1n) is 8.77. The number of methoxy groups -OCH3 is 1. The summed E-state index contributed by atoms with van der Waals surface area (Å²) in [5.41, 5.74) is 1.76. The minimum absolute atomic E-state index is 0.108. The lowest BCUT2D eigenvalue weighted by Gasteiger charge is -2.27. The van der Waals surface area contributed by atoms with Crippen molar-refractivity contribution in [2.45, 2.75) is 0 Å². The van der Waals surface area contributed by atoms with Crippen LogP contribution in [-0.2, 0) is 9.53 Å². The Morgan fingerprint density at radius 2 is 1.78 bits per heavy atom. The van der Waals surface area contributed by atoms with Gasteiger partial charge < -0.3 is 19.7 Å². The van der Waals surface area contributed by atoms with E-state index in [4.69, 9.17) is 9.47 Å². The van der Waals surface area contributed by atoms with E-state index in [1.54, 1.807) is 42.4 Å². The van der Waals surface area contributed by atoms with Gasteiger partial charge in [0.05, 0.1) is 31.6 Å². The van der Waals surface area contributed by atoms with Gasteiger partial charge in [0.15, 0.2) is 0 Å². The molecule has 0 atom stereocenters. The van der Waals surface area contributed by atoms with E-state index in [0.29, 0.717) is 43.3 Å². The number of carbonyl (C=O) groups excluding carboxylic acids is 2. The van der Waals surface area contributed by atoms with E-state index in [1.807, 2.05) is 24.3 Å². The van der Waals surface area contributed by atoms with Gasteiger partial charge in [0.1, 0.15) is 5.75 Å². The van der Waals surface area contributed by atoms with Gasteiger partial charge >= 0.3 is 0 Å². The number of nitrogens with one attached hydrogen (secondary N) is 1. The van der Waals surface area contributed by atoms with Gasteiger partial charge in [-0.05, 0) is 24.3 Å². The van der Waals surface area contributed by atoms with Crippen molar-refractivity contribution in [1.29, 1.82) is 0 Å². The van der Waals surface area contributed by atoms with Gasteiger partial charge in [-0.3, -0.25) is 9.59 Å². The zero-order chi connectivity index (χ0) is 19.1. The van der Waals surface area contributed by atoms with Crippen molar-refractivity contribution in [3.05, 3.63) is 65.7 Å². The molecule has 0 spiro atoms. The van der Waals surface area contributed by atoms with Gasteiger partial charge in [0, 0.05) is 24.7 Å². The number of para-hydroxylation sites is 2. The number of benzene rings is 2. The molecule has 3 rings (SSSR count). The van der Waals surface area contributed by atoms with E-state index in [0.717, 1.165) is 5.56 Å². The molecule has 2 aromatic rings. The molecule has 6 heteroatoms. The van der Waals surface area contributed by atoms with Crippen molar-refractivity contribution < 1.29 is 19.1 Å². The first kappa shape index (κ1) is 18.7. The van der Waals surface area contributed by atoms with Gasteiger partial charge in [-0.25, -0.2) is 0 Å². The number of morpholine rings is 1. The molecule has 0 aliphatic carbocycles. The third-order valence-corrected chi connectivity index (χ3v) is 4.27. The standard InChI is InChI=1S/C21H22N2O4/c1-26-19-9-5-2-6-16(19)10-11-20(24)22-18-8-4-3-7-17(18)21(25)23-12-14-27-15-13-23/h2-11H,12-15H2,1H3,(H,22,24). The van der Waals surface area contributed by atoms with E-state index < -0.39 is 0 Å². The van der Waals surface area contributed by atoms with Crippen LogP contribution in [0.3, 0.4) is 0 Å². The van der Waals surface area contributed by atoms with Crippen LogP contribution in [-0.4, -0.2) is 50.1 Å². The highest BCUT2D eigenvalue weighted by Crippen LogP contribution is 2.20. The maximum atomic E-state index is 12.7. The van der Waals surface area contributed by atoms with Crippen molar-refractivity contribution in [2.75, 3.05) is 38.7 Å². The first-order valence-corrected chi connectivity index (χ1v) is 8.77. The number of nitrogens with zero attached hydrogens (tertiary/aromatic N) is 1. The molecule has 1 aliphatic rings. The molecular formula is C21H22N2O4. The van der Waals surface area contributed by atoms with E-state index in [9.17, 15) is 9.59 Å². The third-order valence-electron chi connectivity index (χ3n) is 4.27. The van der Waals surface area contributed by atoms with Crippen LogP contribution in [0.1, 0.15) is 15.9 Å². The lowest BCUT2D eigenvalue weighted by molar-refractivity contribution is -0.111. The summed E-state index contributed by atoms with van der Waals surface area (Å²) < 4.78 is 10.6. The molecule has 0 radical (unpaired) electrons. The summed E-state index contributed by atoms with van der Waals surface area (Å²) in [6.07, 6.45) is 3.11. The van der Waals surface area contributed by atoms with Crippen LogP contribution in [0.15, 0.2) is 54.6 Å². The minimum atomic E-state index is -0.317. The predicted octanol–water partition coefficient (Wildman–Crippen LogP) is 2.82. The normalized spacial score (nSPS) is 14.2. The Hall–Kier alpha value is -3.12. The fraction of sp³-hybridized carbons (Fsp3) is 0.238. The Morgan fingerprint density at radius 3 is 2.56 bits per heavy atom. The summed E-state index contributed by atoms with van der Waals surface area (Å²) >= 11 is 0. The summed E-state index contributed by atoms with van der Waals surface area (Å²) in [5, 5.41) is 2.79. The Kier molecular flexibility index (Phi) is 6.22. The summed E-state index contributed by atoms with van der Waals surface area (Å²) in [5.74, 6) is 0.260. The van der Waals surface area contributed by atoms with E-state index in [-0.39, 0.29) is 11.8 Å². The third kappa shape index (κ3) is 4.74. The maximum Gasteiger partial charge on any atom is 0.256 e. The number of hydrogen-bond donors (Lipinski definition) is 1. The van der Waals surface area contributed by atoms with E-state index >= 15 is 0 Å². The lowest BCUT2D eigenvalue weighted by Crippen LogP contribution is -2.41. The van der Waals surface area contributed by atoms with Crippen molar-refractivity contribution in [3.8, 4) is 5.75 Å². The quantitative estimate of drug-likeness (QED) is 0.827. The molecule has 27 heavy (non-hydrogen) atoms. The van der Waals surface area contributed by atoms with Gasteiger partial charge in [-0.1, -0.05) is 30.3 Å². The Balaban J connectivity index is 1.73. The van der Waals surface area contributed by atoms with Crippen molar-refractivity contribution in [3.63, 3.8) is 0 Å². The fourth-order valence-electron chi connectivity index (χ4n) is 2.86. The molecule has 1 heterocycles. The fourth-order valence-corrected chi connectivity index (χ4v) is 2.86. The Labute approximate surface area is 158 Å². The van der Waals surface area contributed by atoms with Crippen LogP contribution < -0.4 is 10.1 Å². The minimum Gasteiger partial charge on any atom is -0.496 e. The molecule has 0 saturated carbocycles. The molecular weight excluding hydrogens is 344 g/mol. The number of carbonyl (C=O) groups is 2. The molecule has 1 N–H and O–H groups in total. The van der Waals surface area contributed by atoms with Gasteiger partial charge in [-0.2, -0.15) is 0 Å². The smallest absolute Gasteiger partial charge is 0.256 e. The van der Waals surface area contributed by atoms with Crippen LogP contribution in [0.5, 0.6) is 5.75 Å². The number of amides is 2.